The SMILES string of the molecule is CCc1cc(OCC(=O)O)nc(N2CCCC2)n1. The number of ether oxygens (including phenoxy) is 1. The summed E-state index contributed by atoms with van der Waals surface area (Å²) >= 11 is 0. The number of nitrogens with zero attached hydrogens (tertiary/aromatic N) is 3. The Morgan fingerprint density at radius 2 is 2.17 bits per heavy atom. The van der Waals surface area contributed by atoms with Crippen LogP contribution in [0.2, 0.25) is 0 Å². The minimum Gasteiger partial charge on any atom is -0.479 e. The highest BCUT2D eigenvalue weighted by molar-refractivity contribution is 5.68. The first-order chi connectivity index (χ1) is 8.69. The molecule has 1 aliphatic rings. The van der Waals surface area contributed by atoms with Crippen molar-refractivity contribution in [2.45, 2.75) is 26.2 Å². The standard InChI is InChI=1S/C12H17N3O3/c1-2-9-7-10(18-8-11(16)17)14-12(13-9)15-5-3-4-6-15/h7H,2-6,8H2,1H3,(H,16,17). The molecule has 18 heavy (non-hydrogen) atoms. The summed E-state index contributed by atoms with van der Waals surface area (Å²) in [5.74, 6) is -0.0206. The molecule has 2 rings (SSSR count). The lowest BCUT2D eigenvalue weighted by Gasteiger charge is -2.16. The van der Waals surface area contributed by atoms with Gasteiger partial charge in [0.2, 0.25) is 11.8 Å². The average molecular weight is 251 g/mol. The van der Waals surface area contributed by atoms with Crippen LogP contribution in [0.4, 0.5) is 5.95 Å². The Kier molecular flexibility index (Phi) is 3.96. The number of carboxylic acid groups (broad SMARTS) is 1. The van der Waals surface area contributed by atoms with Crippen molar-refractivity contribution in [2.24, 2.45) is 0 Å². The van der Waals surface area contributed by atoms with Crippen LogP contribution in [-0.4, -0.2) is 40.7 Å². The fourth-order valence-corrected chi connectivity index (χ4v) is 1.91. The van der Waals surface area contributed by atoms with Crippen LogP contribution in [0.15, 0.2) is 6.07 Å². The van der Waals surface area contributed by atoms with Crippen LogP contribution in [-0.2, 0) is 11.2 Å². The van der Waals surface area contributed by atoms with Gasteiger partial charge < -0.3 is 14.7 Å². The number of rotatable bonds is 5. The topological polar surface area (TPSA) is 75.6 Å². The van der Waals surface area contributed by atoms with E-state index in [4.69, 9.17) is 9.84 Å². The predicted octanol–water partition coefficient (Wildman–Crippen LogP) is 1.10. The highest BCUT2D eigenvalue weighted by Crippen LogP contribution is 2.20. The van der Waals surface area contributed by atoms with Gasteiger partial charge in [-0.05, 0) is 19.3 Å². The summed E-state index contributed by atoms with van der Waals surface area (Å²) in [4.78, 5) is 21.3. The molecule has 6 heteroatoms. The Hall–Kier alpha value is -1.85. The van der Waals surface area contributed by atoms with Crippen molar-refractivity contribution in [2.75, 3.05) is 24.6 Å². The van der Waals surface area contributed by atoms with E-state index >= 15 is 0 Å². The number of anilines is 1. The van der Waals surface area contributed by atoms with Gasteiger partial charge in [-0.15, -0.1) is 0 Å². The second-order valence-corrected chi connectivity index (χ2v) is 4.23. The molecular weight excluding hydrogens is 234 g/mol. The van der Waals surface area contributed by atoms with E-state index in [1.807, 2.05) is 6.92 Å². The van der Waals surface area contributed by atoms with Gasteiger partial charge in [0.15, 0.2) is 6.61 Å². The molecule has 1 N–H and O–H groups in total. The summed E-state index contributed by atoms with van der Waals surface area (Å²) in [6.45, 7) is 3.52. The van der Waals surface area contributed by atoms with E-state index < -0.39 is 5.97 Å². The highest BCUT2D eigenvalue weighted by Gasteiger charge is 2.16. The quantitative estimate of drug-likeness (QED) is 0.844. The molecule has 1 aromatic rings. The van der Waals surface area contributed by atoms with Crippen LogP contribution in [0, 0.1) is 0 Å². The lowest BCUT2D eigenvalue weighted by atomic mass is 10.3. The van der Waals surface area contributed by atoms with Crippen molar-refractivity contribution < 1.29 is 14.6 Å². The van der Waals surface area contributed by atoms with E-state index in [9.17, 15) is 4.79 Å². The molecule has 0 bridgehead atoms. The van der Waals surface area contributed by atoms with E-state index in [-0.39, 0.29) is 6.61 Å². The van der Waals surface area contributed by atoms with Crippen LogP contribution in [0.25, 0.3) is 0 Å². The van der Waals surface area contributed by atoms with Gasteiger partial charge >= 0.3 is 5.97 Å². The Morgan fingerprint density at radius 3 is 2.78 bits per heavy atom. The molecule has 0 spiro atoms. The largest absolute Gasteiger partial charge is 0.479 e. The van der Waals surface area contributed by atoms with Crippen LogP contribution in [0.5, 0.6) is 5.88 Å². The third-order valence-electron chi connectivity index (χ3n) is 2.84. The van der Waals surface area contributed by atoms with Crippen molar-refractivity contribution in [1.29, 1.82) is 0 Å². The van der Waals surface area contributed by atoms with Gasteiger partial charge in [-0.1, -0.05) is 6.92 Å². The number of aromatic nitrogens is 2. The number of hydrogen-bond acceptors (Lipinski definition) is 5. The molecule has 1 fully saturated rings. The average Bonchev–Trinajstić information content (AvgIpc) is 2.89. The zero-order valence-electron chi connectivity index (χ0n) is 10.4. The van der Waals surface area contributed by atoms with E-state index in [0.717, 1.165) is 38.0 Å². The molecule has 0 aliphatic carbocycles. The third-order valence-corrected chi connectivity index (χ3v) is 2.84. The van der Waals surface area contributed by atoms with Gasteiger partial charge in [0.1, 0.15) is 0 Å². The fraction of sp³-hybridized carbons (Fsp3) is 0.583. The summed E-state index contributed by atoms with van der Waals surface area (Å²) in [7, 11) is 0. The molecule has 6 nitrogen and oxygen atoms in total. The molecule has 0 unspecified atom stereocenters. The first-order valence-corrected chi connectivity index (χ1v) is 6.16. The number of hydrogen-bond donors (Lipinski definition) is 1. The van der Waals surface area contributed by atoms with Crippen LogP contribution >= 0.6 is 0 Å². The zero-order chi connectivity index (χ0) is 13.0. The summed E-state index contributed by atoms with van der Waals surface area (Å²) in [6, 6.07) is 1.70. The Bertz CT molecular complexity index is 431. The lowest BCUT2D eigenvalue weighted by Crippen LogP contribution is -2.21. The van der Waals surface area contributed by atoms with Crippen molar-refractivity contribution in [3.63, 3.8) is 0 Å². The van der Waals surface area contributed by atoms with Crippen molar-refractivity contribution in [3.05, 3.63) is 11.8 Å². The number of aryl methyl sites for hydroxylation is 1. The maximum Gasteiger partial charge on any atom is 0.341 e. The van der Waals surface area contributed by atoms with Gasteiger partial charge in [0.05, 0.1) is 0 Å². The summed E-state index contributed by atoms with van der Waals surface area (Å²) < 4.78 is 5.13. The monoisotopic (exact) mass is 251 g/mol. The summed E-state index contributed by atoms with van der Waals surface area (Å²) in [6.07, 6.45) is 3.06. The maximum absolute atomic E-state index is 10.5. The smallest absolute Gasteiger partial charge is 0.341 e. The minimum absolute atomic E-state index is 0.339. The molecule has 0 amide bonds. The van der Waals surface area contributed by atoms with Crippen molar-refractivity contribution in [3.8, 4) is 5.88 Å². The normalized spacial score (nSPS) is 14.8. The van der Waals surface area contributed by atoms with E-state index in [1.54, 1.807) is 6.07 Å². The van der Waals surface area contributed by atoms with Crippen LogP contribution in [0.1, 0.15) is 25.5 Å². The fourth-order valence-electron chi connectivity index (χ4n) is 1.91. The number of aliphatic carboxylic acids is 1. The molecule has 1 aliphatic heterocycles. The Morgan fingerprint density at radius 1 is 1.44 bits per heavy atom. The van der Waals surface area contributed by atoms with Crippen LogP contribution in [0.3, 0.4) is 0 Å². The highest BCUT2D eigenvalue weighted by atomic mass is 16.5. The molecule has 2 heterocycles. The van der Waals surface area contributed by atoms with Gasteiger partial charge in [0.25, 0.3) is 0 Å². The molecule has 98 valence electrons. The van der Waals surface area contributed by atoms with E-state index in [0.29, 0.717) is 11.8 Å². The first-order valence-electron chi connectivity index (χ1n) is 6.16. The van der Waals surface area contributed by atoms with Gasteiger partial charge in [-0.2, -0.15) is 4.98 Å². The predicted molar refractivity (Wildman–Crippen MR) is 66.0 cm³/mol. The van der Waals surface area contributed by atoms with E-state index in [2.05, 4.69) is 14.9 Å². The Balaban J connectivity index is 2.18. The van der Waals surface area contributed by atoms with Crippen LogP contribution < -0.4 is 9.64 Å². The molecule has 1 aromatic heterocycles. The number of carboxylic acids is 1. The molecular formula is C12H17N3O3. The summed E-state index contributed by atoms with van der Waals surface area (Å²) in [5.41, 5.74) is 0.868. The molecule has 0 atom stereocenters. The van der Waals surface area contributed by atoms with Gasteiger partial charge in [-0.3, -0.25) is 0 Å². The maximum atomic E-state index is 10.5. The third kappa shape index (κ3) is 3.09. The van der Waals surface area contributed by atoms with Gasteiger partial charge in [-0.25, -0.2) is 9.78 Å². The molecule has 0 radical (unpaired) electrons. The zero-order valence-corrected chi connectivity index (χ0v) is 10.4. The van der Waals surface area contributed by atoms with Crippen molar-refractivity contribution >= 4 is 11.9 Å². The van der Waals surface area contributed by atoms with Gasteiger partial charge in [0, 0.05) is 24.8 Å². The second-order valence-electron chi connectivity index (χ2n) is 4.23. The summed E-state index contributed by atoms with van der Waals surface area (Å²) in [5, 5.41) is 8.60. The molecule has 0 saturated carbocycles. The second kappa shape index (κ2) is 5.66. The molecule has 0 aromatic carbocycles. The molecule has 1 saturated heterocycles. The number of carbonyl (C=O) groups is 1. The van der Waals surface area contributed by atoms with E-state index in [1.165, 1.54) is 0 Å². The minimum atomic E-state index is -1.01. The first kappa shape index (κ1) is 12.6. The van der Waals surface area contributed by atoms with Crippen molar-refractivity contribution in [1.82, 2.24) is 9.97 Å². The lowest BCUT2D eigenvalue weighted by molar-refractivity contribution is -0.139. The Labute approximate surface area is 106 Å².